The summed E-state index contributed by atoms with van der Waals surface area (Å²) in [6.07, 6.45) is 0. The van der Waals surface area contributed by atoms with Crippen molar-refractivity contribution in [2.75, 3.05) is 5.75 Å². The van der Waals surface area contributed by atoms with Gasteiger partial charge in [0.25, 0.3) is 5.91 Å². The number of carbonyl (C=O) groups is 2. The average Bonchev–Trinajstić information content (AvgIpc) is 3.26. The van der Waals surface area contributed by atoms with Crippen LogP contribution in [0.5, 0.6) is 0 Å². The number of hydrogen-bond acceptors (Lipinski definition) is 5. The first-order valence-electron chi connectivity index (χ1n) is 9.75. The molecular formula is C23H17F2N5O2S. The number of nitrogens with one attached hydrogen (secondary N) is 2. The third kappa shape index (κ3) is 5.42. The van der Waals surface area contributed by atoms with Gasteiger partial charge in [0, 0.05) is 16.8 Å². The molecule has 33 heavy (non-hydrogen) atoms. The summed E-state index contributed by atoms with van der Waals surface area (Å²) in [5, 5.41) is 8.87. The zero-order chi connectivity index (χ0) is 23.2. The monoisotopic (exact) mass is 465 g/mol. The van der Waals surface area contributed by atoms with Crippen LogP contribution in [0.3, 0.4) is 0 Å². The summed E-state index contributed by atoms with van der Waals surface area (Å²) in [5.74, 6) is -1.43. The van der Waals surface area contributed by atoms with Gasteiger partial charge in [0.1, 0.15) is 11.6 Å². The Kier molecular flexibility index (Phi) is 6.75. The molecule has 2 N–H and O–H groups in total. The molecule has 2 amide bonds. The smallest absolute Gasteiger partial charge is 0.269 e. The molecule has 10 heteroatoms. The molecule has 0 saturated carbocycles. The second kappa shape index (κ2) is 10.0. The fraction of sp³-hybridized carbons (Fsp3) is 0.0435. The van der Waals surface area contributed by atoms with Crippen LogP contribution in [-0.4, -0.2) is 32.3 Å². The molecule has 3 aromatic carbocycles. The molecular weight excluding hydrogens is 448 g/mol. The van der Waals surface area contributed by atoms with Crippen molar-refractivity contribution in [2.45, 2.75) is 5.16 Å². The van der Waals surface area contributed by atoms with E-state index in [2.05, 4.69) is 21.0 Å². The summed E-state index contributed by atoms with van der Waals surface area (Å²) in [4.78, 5) is 24.3. The quantitative estimate of drug-likeness (QED) is 0.334. The van der Waals surface area contributed by atoms with Crippen molar-refractivity contribution in [3.05, 3.63) is 96.1 Å². The SMILES string of the molecule is O=C(CSc1nnc(-c2ccc(F)cc2)n1-c1ccccc1)NNC(=O)c1ccc(F)cc1. The predicted octanol–water partition coefficient (Wildman–Crippen LogP) is 3.77. The Balaban J connectivity index is 1.46. The van der Waals surface area contributed by atoms with E-state index in [4.69, 9.17) is 0 Å². The van der Waals surface area contributed by atoms with Crippen LogP contribution >= 0.6 is 11.8 Å². The number of benzene rings is 3. The van der Waals surface area contributed by atoms with Gasteiger partial charge in [-0.2, -0.15) is 0 Å². The Morgan fingerprint density at radius 2 is 1.45 bits per heavy atom. The van der Waals surface area contributed by atoms with E-state index in [0.29, 0.717) is 16.5 Å². The molecule has 0 aliphatic carbocycles. The predicted molar refractivity (Wildman–Crippen MR) is 119 cm³/mol. The molecule has 0 spiro atoms. The highest BCUT2D eigenvalue weighted by Gasteiger charge is 2.17. The van der Waals surface area contributed by atoms with Gasteiger partial charge in [-0.15, -0.1) is 10.2 Å². The van der Waals surface area contributed by atoms with Crippen LogP contribution in [0.15, 0.2) is 84.0 Å². The Morgan fingerprint density at radius 1 is 0.818 bits per heavy atom. The van der Waals surface area contributed by atoms with Crippen LogP contribution in [0.2, 0.25) is 0 Å². The summed E-state index contributed by atoms with van der Waals surface area (Å²) in [5.41, 5.74) is 6.24. The number of para-hydroxylation sites is 1. The number of amides is 2. The minimum atomic E-state index is -0.570. The molecule has 0 bridgehead atoms. The van der Waals surface area contributed by atoms with Crippen LogP contribution in [0, 0.1) is 11.6 Å². The number of aromatic nitrogens is 3. The molecule has 0 saturated heterocycles. The molecule has 0 aliphatic heterocycles. The number of hydrogen-bond donors (Lipinski definition) is 2. The molecule has 4 rings (SSSR count). The molecule has 0 aliphatic rings. The van der Waals surface area contributed by atoms with Gasteiger partial charge in [-0.1, -0.05) is 30.0 Å². The molecule has 1 heterocycles. The normalized spacial score (nSPS) is 10.6. The van der Waals surface area contributed by atoms with Crippen molar-refractivity contribution in [3.63, 3.8) is 0 Å². The van der Waals surface area contributed by atoms with E-state index in [1.54, 1.807) is 16.7 Å². The lowest BCUT2D eigenvalue weighted by Gasteiger charge is -2.11. The second-order valence-corrected chi connectivity index (χ2v) is 7.72. The second-order valence-electron chi connectivity index (χ2n) is 6.78. The van der Waals surface area contributed by atoms with E-state index in [0.717, 1.165) is 29.6 Å². The molecule has 0 fully saturated rings. The first kappa shape index (κ1) is 22.2. The Bertz CT molecular complexity index is 1260. The fourth-order valence-electron chi connectivity index (χ4n) is 2.93. The van der Waals surface area contributed by atoms with Crippen molar-refractivity contribution in [1.29, 1.82) is 0 Å². The summed E-state index contributed by atoms with van der Waals surface area (Å²) in [6, 6.07) is 20.1. The number of thioether (sulfide) groups is 1. The minimum Gasteiger partial charge on any atom is -0.272 e. The van der Waals surface area contributed by atoms with E-state index >= 15 is 0 Å². The van der Waals surface area contributed by atoms with Crippen LogP contribution in [0.25, 0.3) is 17.1 Å². The number of carbonyl (C=O) groups excluding carboxylic acids is 2. The highest BCUT2D eigenvalue weighted by Crippen LogP contribution is 2.28. The summed E-state index contributed by atoms with van der Waals surface area (Å²) >= 11 is 1.12. The molecule has 4 aromatic rings. The maximum absolute atomic E-state index is 13.4. The van der Waals surface area contributed by atoms with Crippen LogP contribution in [-0.2, 0) is 4.79 Å². The Labute approximate surface area is 191 Å². The summed E-state index contributed by atoms with van der Waals surface area (Å²) in [6.45, 7) is 0. The minimum absolute atomic E-state index is 0.0575. The van der Waals surface area contributed by atoms with Gasteiger partial charge in [0.15, 0.2) is 11.0 Å². The number of hydrazine groups is 1. The molecule has 0 unspecified atom stereocenters. The third-order valence-corrected chi connectivity index (χ3v) is 5.43. The van der Waals surface area contributed by atoms with Gasteiger partial charge in [-0.05, 0) is 60.7 Å². The van der Waals surface area contributed by atoms with Crippen LogP contribution in [0.1, 0.15) is 10.4 Å². The Morgan fingerprint density at radius 3 is 2.12 bits per heavy atom. The van der Waals surface area contributed by atoms with E-state index in [1.165, 1.54) is 24.3 Å². The lowest BCUT2D eigenvalue weighted by molar-refractivity contribution is -0.119. The van der Waals surface area contributed by atoms with Gasteiger partial charge >= 0.3 is 0 Å². The van der Waals surface area contributed by atoms with E-state index < -0.39 is 17.6 Å². The maximum atomic E-state index is 13.4. The zero-order valence-electron chi connectivity index (χ0n) is 17.0. The van der Waals surface area contributed by atoms with Crippen molar-refractivity contribution >= 4 is 23.6 Å². The van der Waals surface area contributed by atoms with Crippen LogP contribution < -0.4 is 10.9 Å². The highest BCUT2D eigenvalue weighted by molar-refractivity contribution is 7.99. The van der Waals surface area contributed by atoms with Crippen molar-refractivity contribution in [2.24, 2.45) is 0 Å². The van der Waals surface area contributed by atoms with Crippen molar-refractivity contribution in [1.82, 2.24) is 25.6 Å². The van der Waals surface area contributed by atoms with Gasteiger partial charge in [0.2, 0.25) is 5.91 Å². The van der Waals surface area contributed by atoms with E-state index in [9.17, 15) is 18.4 Å². The number of halogens is 2. The van der Waals surface area contributed by atoms with Gasteiger partial charge in [0.05, 0.1) is 5.75 Å². The lowest BCUT2D eigenvalue weighted by atomic mass is 10.2. The van der Waals surface area contributed by atoms with E-state index in [-0.39, 0.29) is 17.1 Å². The van der Waals surface area contributed by atoms with Crippen molar-refractivity contribution in [3.8, 4) is 17.1 Å². The number of nitrogens with zero attached hydrogens (tertiary/aromatic N) is 3. The van der Waals surface area contributed by atoms with Crippen LogP contribution in [0.4, 0.5) is 8.78 Å². The molecule has 1 aromatic heterocycles. The lowest BCUT2D eigenvalue weighted by Crippen LogP contribution is -2.42. The first-order chi connectivity index (χ1) is 16.0. The fourth-order valence-corrected chi connectivity index (χ4v) is 3.68. The van der Waals surface area contributed by atoms with Gasteiger partial charge < -0.3 is 0 Å². The highest BCUT2D eigenvalue weighted by atomic mass is 32.2. The van der Waals surface area contributed by atoms with Gasteiger partial charge in [-0.25, -0.2) is 8.78 Å². The Hall–Kier alpha value is -4.05. The molecule has 7 nitrogen and oxygen atoms in total. The zero-order valence-corrected chi connectivity index (χ0v) is 17.9. The molecule has 0 radical (unpaired) electrons. The largest absolute Gasteiger partial charge is 0.272 e. The van der Waals surface area contributed by atoms with E-state index in [1.807, 2.05) is 30.3 Å². The molecule has 0 atom stereocenters. The average molecular weight is 465 g/mol. The molecule has 166 valence electrons. The first-order valence-corrected chi connectivity index (χ1v) is 10.7. The summed E-state index contributed by atoms with van der Waals surface area (Å²) < 4.78 is 28.1. The topological polar surface area (TPSA) is 88.9 Å². The summed E-state index contributed by atoms with van der Waals surface area (Å²) in [7, 11) is 0. The standard InChI is InChI=1S/C23H17F2N5O2S/c24-17-10-6-15(7-11-17)21-27-29-23(30(21)19-4-2-1-3-5-19)33-14-20(31)26-28-22(32)16-8-12-18(25)13-9-16/h1-13H,14H2,(H,26,31)(H,28,32). The van der Waals surface area contributed by atoms with Crippen molar-refractivity contribution < 1.29 is 18.4 Å². The number of rotatable bonds is 6. The van der Waals surface area contributed by atoms with Gasteiger partial charge in [-0.3, -0.25) is 25.0 Å². The maximum Gasteiger partial charge on any atom is 0.269 e. The third-order valence-electron chi connectivity index (χ3n) is 4.50.